The number of aryl methyl sites for hydroxylation is 1. The molecule has 0 bridgehead atoms. The van der Waals surface area contributed by atoms with Crippen LogP contribution in [0, 0.1) is 6.92 Å². The molecule has 1 aliphatic rings. The molecule has 26 heavy (non-hydrogen) atoms. The Morgan fingerprint density at radius 3 is 2.50 bits per heavy atom. The lowest BCUT2D eigenvalue weighted by atomic mass is 10.1. The molecule has 1 N–H and O–H groups in total. The highest BCUT2D eigenvalue weighted by molar-refractivity contribution is 5.92. The Labute approximate surface area is 153 Å². The first-order valence-electron chi connectivity index (χ1n) is 9.23. The first-order chi connectivity index (χ1) is 12.6. The van der Waals surface area contributed by atoms with Gasteiger partial charge in [-0.3, -0.25) is 9.59 Å². The van der Waals surface area contributed by atoms with Gasteiger partial charge < -0.3 is 14.7 Å². The Morgan fingerprint density at radius 1 is 1.12 bits per heavy atom. The van der Waals surface area contributed by atoms with E-state index in [0.717, 1.165) is 37.1 Å². The van der Waals surface area contributed by atoms with E-state index >= 15 is 0 Å². The summed E-state index contributed by atoms with van der Waals surface area (Å²) < 4.78 is 5.14. The second-order valence-electron chi connectivity index (χ2n) is 6.74. The van der Waals surface area contributed by atoms with E-state index in [1.807, 2.05) is 36.1 Å². The molecule has 1 fully saturated rings. The van der Waals surface area contributed by atoms with E-state index in [9.17, 15) is 9.59 Å². The molecule has 1 aromatic heterocycles. The van der Waals surface area contributed by atoms with Gasteiger partial charge in [0, 0.05) is 37.7 Å². The molecule has 3 rings (SSSR count). The number of nitrogens with one attached hydrogen (secondary N) is 1. The average Bonchev–Trinajstić information content (AvgIpc) is 2.97. The second-order valence-corrected chi connectivity index (χ2v) is 6.74. The molecule has 1 aromatic carbocycles. The van der Waals surface area contributed by atoms with Crippen molar-refractivity contribution in [3.8, 4) is 11.3 Å². The van der Waals surface area contributed by atoms with E-state index in [0.29, 0.717) is 18.7 Å². The molecular formula is C20H25N3O3. The van der Waals surface area contributed by atoms with Gasteiger partial charge in [0.15, 0.2) is 0 Å². The van der Waals surface area contributed by atoms with Crippen LogP contribution in [0.15, 0.2) is 34.9 Å². The number of aromatic nitrogens is 1. The van der Waals surface area contributed by atoms with Crippen LogP contribution < -0.4 is 5.32 Å². The molecule has 138 valence electrons. The van der Waals surface area contributed by atoms with Crippen molar-refractivity contribution < 1.29 is 14.1 Å². The maximum absolute atomic E-state index is 12.2. The lowest BCUT2D eigenvalue weighted by Gasteiger charge is -2.20. The topological polar surface area (TPSA) is 75.4 Å². The van der Waals surface area contributed by atoms with Crippen molar-refractivity contribution in [3.63, 3.8) is 0 Å². The number of benzene rings is 1. The molecule has 0 saturated carbocycles. The van der Waals surface area contributed by atoms with Gasteiger partial charge >= 0.3 is 0 Å². The Balaban J connectivity index is 1.49. The molecule has 0 atom stereocenters. The molecule has 2 heterocycles. The molecule has 0 spiro atoms. The number of carbonyl (C=O) groups is 2. The fraction of sp³-hybridized carbons (Fsp3) is 0.450. The third kappa shape index (κ3) is 4.71. The van der Waals surface area contributed by atoms with E-state index in [-0.39, 0.29) is 17.6 Å². The summed E-state index contributed by atoms with van der Waals surface area (Å²) >= 11 is 0. The van der Waals surface area contributed by atoms with Gasteiger partial charge in [-0.25, -0.2) is 0 Å². The van der Waals surface area contributed by atoms with E-state index in [2.05, 4.69) is 10.5 Å². The van der Waals surface area contributed by atoms with E-state index in [4.69, 9.17) is 4.52 Å². The Hall–Kier alpha value is -2.63. The van der Waals surface area contributed by atoms with E-state index in [1.54, 1.807) is 6.07 Å². The SMILES string of the molecule is Cc1ccc(-c2cc(C(=O)NCCC(=O)N3CCCCCC3)on2)cc1. The largest absolute Gasteiger partial charge is 0.350 e. The van der Waals surface area contributed by atoms with Crippen LogP contribution in [0.1, 0.15) is 48.2 Å². The third-order valence-electron chi connectivity index (χ3n) is 4.66. The molecule has 2 aromatic rings. The van der Waals surface area contributed by atoms with Crippen LogP contribution in [0.25, 0.3) is 11.3 Å². The van der Waals surface area contributed by atoms with Crippen LogP contribution >= 0.6 is 0 Å². The van der Waals surface area contributed by atoms with Crippen molar-refractivity contribution in [2.24, 2.45) is 0 Å². The molecular weight excluding hydrogens is 330 g/mol. The predicted molar refractivity (Wildman–Crippen MR) is 98.7 cm³/mol. The van der Waals surface area contributed by atoms with Gasteiger partial charge in [0.25, 0.3) is 5.91 Å². The summed E-state index contributed by atoms with van der Waals surface area (Å²) in [6.07, 6.45) is 4.82. The van der Waals surface area contributed by atoms with Gasteiger partial charge in [0.1, 0.15) is 5.69 Å². The van der Waals surface area contributed by atoms with E-state index < -0.39 is 0 Å². The Bertz CT molecular complexity index is 744. The molecule has 0 unspecified atom stereocenters. The van der Waals surface area contributed by atoms with Crippen LogP contribution in [0.5, 0.6) is 0 Å². The van der Waals surface area contributed by atoms with Crippen molar-refractivity contribution >= 4 is 11.8 Å². The number of likely N-dealkylation sites (tertiary alicyclic amines) is 1. The van der Waals surface area contributed by atoms with Crippen LogP contribution in [0.3, 0.4) is 0 Å². The summed E-state index contributed by atoms with van der Waals surface area (Å²) in [5.41, 5.74) is 2.68. The zero-order chi connectivity index (χ0) is 18.4. The minimum absolute atomic E-state index is 0.102. The third-order valence-corrected chi connectivity index (χ3v) is 4.66. The Morgan fingerprint density at radius 2 is 1.81 bits per heavy atom. The minimum Gasteiger partial charge on any atom is -0.350 e. The maximum atomic E-state index is 12.2. The van der Waals surface area contributed by atoms with Gasteiger partial charge in [0.05, 0.1) is 0 Å². The number of hydrogen-bond acceptors (Lipinski definition) is 4. The zero-order valence-electron chi connectivity index (χ0n) is 15.2. The van der Waals surface area contributed by atoms with Gasteiger partial charge in [-0.05, 0) is 19.8 Å². The summed E-state index contributed by atoms with van der Waals surface area (Å²) in [5.74, 6) is -0.0903. The number of rotatable bonds is 5. The van der Waals surface area contributed by atoms with Crippen molar-refractivity contribution in [2.45, 2.75) is 39.0 Å². The summed E-state index contributed by atoms with van der Waals surface area (Å²) in [6.45, 7) is 3.97. The Kier molecular flexibility index (Phi) is 6.04. The fourth-order valence-corrected chi connectivity index (χ4v) is 3.09. The molecule has 1 saturated heterocycles. The highest BCUT2D eigenvalue weighted by Gasteiger charge is 2.17. The first kappa shape index (κ1) is 18.2. The smallest absolute Gasteiger partial charge is 0.289 e. The molecule has 6 nitrogen and oxygen atoms in total. The average molecular weight is 355 g/mol. The summed E-state index contributed by atoms with van der Waals surface area (Å²) in [5, 5.41) is 6.69. The van der Waals surface area contributed by atoms with E-state index in [1.165, 1.54) is 12.8 Å². The van der Waals surface area contributed by atoms with Crippen molar-refractivity contribution in [1.82, 2.24) is 15.4 Å². The van der Waals surface area contributed by atoms with Crippen molar-refractivity contribution in [3.05, 3.63) is 41.7 Å². The summed E-state index contributed by atoms with van der Waals surface area (Å²) in [7, 11) is 0. The van der Waals surface area contributed by atoms with Gasteiger partial charge in [-0.2, -0.15) is 0 Å². The lowest BCUT2D eigenvalue weighted by Crippen LogP contribution is -2.35. The normalized spacial score (nSPS) is 14.7. The van der Waals surface area contributed by atoms with Crippen molar-refractivity contribution in [2.75, 3.05) is 19.6 Å². The molecule has 1 aliphatic heterocycles. The molecule has 0 aliphatic carbocycles. The van der Waals surface area contributed by atoms with Crippen LogP contribution in [0.2, 0.25) is 0 Å². The summed E-state index contributed by atoms with van der Waals surface area (Å²) in [4.78, 5) is 26.3. The molecule has 0 radical (unpaired) electrons. The monoisotopic (exact) mass is 355 g/mol. The quantitative estimate of drug-likeness (QED) is 0.894. The number of nitrogens with zero attached hydrogens (tertiary/aromatic N) is 2. The number of hydrogen-bond donors (Lipinski definition) is 1. The van der Waals surface area contributed by atoms with Crippen LogP contribution in [-0.2, 0) is 4.79 Å². The predicted octanol–water partition coefficient (Wildman–Crippen LogP) is 3.17. The van der Waals surface area contributed by atoms with Gasteiger partial charge in [-0.15, -0.1) is 0 Å². The second kappa shape index (κ2) is 8.65. The summed E-state index contributed by atoms with van der Waals surface area (Å²) in [6, 6.07) is 9.47. The zero-order valence-corrected chi connectivity index (χ0v) is 15.2. The highest BCUT2D eigenvalue weighted by Crippen LogP contribution is 2.19. The fourth-order valence-electron chi connectivity index (χ4n) is 3.09. The van der Waals surface area contributed by atoms with Gasteiger partial charge in [-0.1, -0.05) is 47.8 Å². The first-order valence-corrected chi connectivity index (χ1v) is 9.23. The standard InChI is InChI=1S/C20H25N3O3/c1-15-6-8-16(9-7-15)17-14-18(26-22-17)20(25)21-11-10-19(24)23-12-4-2-3-5-13-23/h6-9,14H,2-5,10-13H2,1H3,(H,21,25). The highest BCUT2D eigenvalue weighted by atomic mass is 16.5. The van der Waals surface area contributed by atoms with Crippen LogP contribution in [-0.4, -0.2) is 41.5 Å². The number of carbonyl (C=O) groups excluding carboxylic acids is 2. The number of amides is 2. The minimum atomic E-state index is -0.348. The molecule has 6 heteroatoms. The van der Waals surface area contributed by atoms with Crippen LogP contribution in [0.4, 0.5) is 0 Å². The molecule has 2 amide bonds. The lowest BCUT2D eigenvalue weighted by molar-refractivity contribution is -0.131. The maximum Gasteiger partial charge on any atom is 0.289 e. The van der Waals surface area contributed by atoms with Gasteiger partial charge in [0.2, 0.25) is 11.7 Å². The van der Waals surface area contributed by atoms with Crippen molar-refractivity contribution in [1.29, 1.82) is 0 Å².